The van der Waals surface area contributed by atoms with Gasteiger partial charge in [-0.1, -0.05) is 32.4 Å². The quantitative estimate of drug-likeness (QED) is 0.847. The molecule has 1 aliphatic heterocycles. The van der Waals surface area contributed by atoms with Gasteiger partial charge in [-0.2, -0.15) is 0 Å². The Labute approximate surface area is 160 Å². The third kappa shape index (κ3) is 5.59. The molecule has 25 heavy (non-hydrogen) atoms. The lowest BCUT2D eigenvalue weighted by Gasteiger charge is -2.31. The maximum absolute atomic E-state index is 12.6. The number of hydrogen-bond donors (Lipinski definition) is 1. The second-order valence-electron chi connectivity index (χ2n) is 7.32. The van der Waals surface area contributed by atoms with Crippen LogP contribution in [0.1, 0.15) is 37.6 Å². The minimum atomic E-state index is -0.531. The molecule has 5 nitrogen and oxygen atoms in total. The highest BCUT2D eigenvalue weighted by Crippen LogP contribution is 2.20. The fourth-order valence-electron chi connectivity index (χ4n) is 2.68. The number of nitrogens with zero attached hydrogens (tertiary/aromatic N) is 2. The third-order valence-electron chi connectivity index (χ3n) is 4.39. The fraction of sp³-hybridized carbons (Fsp3) is 0.556. The Balaban J connectivity index is 0.00000312. The Morgan fingerprint density at radius 3 is 2.12 bits per heavy atom. The van der Waals surface area contributed by atoms with Gasteiger partial charge < -0.3 is 15.5 Å². The van der Waals surface area contributed by atoms with Crippen LogP contribution in [0.25, 0.3) is 0 Å². The summed E-state index contributed by atoms with van der Waals surface area (Å²) in [6, 6.07) is 6.36. The minimum Gasteiger partial charge on any atom is -0.339 e. The molecule has 0 aromatic heterocycles. The van der Waals surface area contributed by atoms with Gasteiger partial charge in [0.2, 0.25) is 5.91 Å². The van der Waals surface area contributed by atoms with Crippen LogP contribution in [0.4, 0.5) is 0 Å². The van der Waals surface area contributed by atoms with Gasteiger partial charge in [-0.3, -0.25) is 9.59 Å². The molecule has 2 rings (SSSR count). The van der Waals surface area contributed by atoms with Gasteiger partial charge in [0.1, 0.15) is 0 Å². The predicted molar refractivity (Wildman–Crippen MR) is 103 cm³/mol. The van der Waals surface area contributed by atoms with Crippen LogP contribution in [0.3, 0.4) is 0 Å². The number of amides is 2. The molecule has 1 heterocycles. The van der Waals surface area contributed by atoms with Gasteiger partial charge in [-0.05, 0) is 36.1 Å². The van der Waals surface area contributed by atoms with E-state index in [0.29, 0.717) is 36.8 Å². The molecule has 0 aliphatic carbocycles. The van der Waals surface area contributed by atoms with Gasteiger partial charge in [-0.15, -0.1) is 12.4 Å². The minimum absolute atomic E-state index is 0. The normalized spacial score (nSPS) is 16.7. The van der Waals surface area contributed by atoms with Crippen molar-refractivity contribution in [2.45, 2.75) is 33.2 Å². The Kier molecular flexibility index (Phi) is 7.72. The molecule has 0 unspecified atom stereocenters. The van der Waals surface area contributed by atoms with Gasteiger partial charge in [0, 0.05) is 36.8 Å². The second kappa shape index (κ2) is 8.88. The fourth-order valence-corrected chi connectivity index (χ4v) is 2.81. The summed E-state index contributed by atoms with van der Waals surface area (Å²) < 4.78 is 0. The molecule has 1 fully saturated rings. The van der Waals surface area contributed by atoms with Gasteiger partial charge >= 0.3 is 0 Å². The van der Waals surface area contributed by atoms with Crippen molar-refractivity contribution >= 4 is 35.8 Å². The van der Waals surface area contributed by atoms with E-state index in [0.717, 1.165) is 6.42 Å². The largest absolute Gasteiger partial charge is 0.339 e. The van der Waals surface area contributed by atoms with E-state index in [-0.39, 0.29) is 29.6 Å². The number of carbonyl (C=O) groups is 2. The van der Waals surface area contributed by atoms with Crippen molar-refractivity contribution in [2.24, 2.45) is 11.1 Å². The van der Waals surface area contributed by atoms with E-state index in [2.05, 4.69) is 0 Å². The summed E-state index contributed by atoms with van der Waals surface area (Å²) >= 11 is 5.87. The molecule has 0 radical (unpaired) electrons. The topological polar surface area (TPSA) is 66.6 Å². The number of hydrogen-bond acceptors (Lipinski definition) is 3. The number of rotatable bonds is 2. The lowest BCUT2D eigenvalue weighted by molar-refractivity contribution is -0.134. The first kappa shape index (κ1) is 21.7. The van der Waals surface area contributed by atoms with E-state index in [9.17, 15) is 9.59 Å². The zero-order valence-corrected chi connectivity index (χ0v) is 16.6. The molecule has 0 saturated carbocycles. The molecular formula is C18H27Cl2N3O2. The summed E-state index contributed by atoms with van der Waals surface area (Å²) in [5.74, 6) is -0.0654. The molecular weight excluding hydrogens is 361 g/mol. The average molecular weight is 388 g/mol. The number of benzene rings is 1. The van der Waals surface area contributed by atoms with Crippen LogP contribution < -0.4 is 5.73 Å². The van der Waals surface area contributed by atoms with Crippen LogP contribution in [0, 0.1) is 5.41 Å². The molecule has 1 aromatic carbocycles. The Hall–Kier alpha value is -1.30. The third-order valence-corrected chi connectivity index (χ3v) is 4.64. The Morgan fingerprint density at radius 1 is 1.04 bits per heavy atom. The molecule has 0 spiro atoms. The molecule has 0 bridgehead atoms. The van der Waals surface area contributed by atoms with Crippen molar-refractivity contribution < 1.29 is 9.59 Å². The highest BCUT2D eigenvalue weighted by Gasteiger charge is 2.32. The summed E-state index contributed by atoms with van der Waals surface area (Å²) in [7, 11) is 0. The van der Waals surface area contributed by atoms with E-state index in [1.54, 1.807) is 34.1 Å². The zero-order valence-electron chi connectivity index (χ0n) is 15.0. The van der Waals surface area contributed by atoms with E-state index < -0.39 is 6.04 Å². The Bertz CT molecular complexity index is 599. The molecule has 140 valence electrons. The smallest absolute Gasteiger partial charge is 0.253 e. The molecule has 7 heteroatoms. The average Bonchev–Trinajstić information content (AvgIpc) is 2.78. The number of nitrogens with two attached hydrogens (primary N) is 1. The van der Waals surface area contributed by atoms with Gasteiger partial charge in [0.15, 0.2) is 0 Å². The van der Waals surface area contributed by atoms with Gasteiger partial charge in [-0.25, -0.2) is 0 Å². The Morgan fingerprint density at radius 2 is 1.56 bits per heavy atom. The standard InChI is InChI=1S/C18H26ClN3O2.ClH/c1-18(2,3)15(20)17(24)22-10-4-9-21(11-12-22)16(23)13-5-7-14(19)8-6-13;/h5-8,15H,4,9-12,20H2,1-3H3;1H/t15-;/m1./s1. The van der Waals surface area contributed by atoms with Crippen LogP contribution in [0.15, 0.2) is 24.3 Å². The van der Waals surface area contributed by atoms with E-state index in [4.69, 9.17) is 17.3 Å². The van der Waals surface area contributed by atoms with Crippen LogP contribution in [0.5, 0.6) is 0 Å². The number of carbonyl (C=O) groups excluding carboxylic acids is 2. The van der Waals surface area contributed by atoms with E-state index in [1.807, 2.05) is 20.8 Å². The monoisotopic (exact) mass is 387 g/mol. The van der Waals surface area contributed by atoms with E-state index in [1.165, 1.54) is 0 Å². The van der Waals surface area contributed by atoms with E-state index >= 15 is 0 Å². The second-order valence-corrected chi connectivity index (χ2v) is 7.76. The number of halogens is 2. The van der Waals surface area contributed by atoms with Crippen molar-refractivity contribution in [3.8, 4) is 0 Å². The van der Waals surface area contributed by atoms with Crippen molar-refractivity contribution in [3.63, 3.8) is 0 Å². The first-order valence-electron chi connectivity index (χ1n) is 8.29. The summed E-state index contributed by atoms with van der Waals surface area (Å²) in [6.07, 6.45) is 0.752. The summed E-state index contributed by atoms with van der Waals surface area (Å²) in [4.78, 5) is 28.7. The molecule has 2 amide bonds. The molecule has 2 N–H and O–H groups in total. The van der Waals surface area contributed by atoms with Crippen LogP contribution in [-0.2, 0) is 4.79 Å². The van der Waals surface area contributed by atoms with Crippen LogP contribution >= 0.6 is 24.0 Å². The SMILES string of the molecule is CC(C)(C)[C@H](N)C(=O)N1CCCN(C(=O)c2ccc(Cl)cc2)CC1.Cl. The molecule has 1 aliphatic rings. The molecule has 1 aromatic rings. The maximum atomic E-state index is 12.6. The predicted octanol–water partition coefficient (Wildman–Crippen LogP) is 2.81. The van der Waals surface area contributed by atoms with Gasteiger partial charge in [0.25, 0.3) is 5.91 Å². The highest BCUT2D eigenvalue weighted by molar-refractivity contribution is 6.30. The molecule has 1 saturated heterocycles. The maximum Gasteiger partial charge on any atom is 0.253 e. The summed E-state index contributed by atoms with van der Waals surface area (Å²) in [5.41, 5.74) is 6.43. The molecule has 1 atom stereocenters. The zero-order chi connectivity index (χ0) is 17.9. The summed E-state index contributed by atoms with van der Waals surface area (Å²) in [5, 5.41) is 0.607. The highest BCUT2D eigenvalue weighted by atomic mass is 35.5. The van der Waals surface area contributed by atoms with Crippen molar-refractivity contribution in [2.75, 3.05) is 26.2 Å². The van der Waals surface area contributed by atoms with Crippen LogP contribution in [-0.4, -0.2) is 53.8 Å². The lowest BCUT2D eigenvalue weighted by atomic mass is 9.86. The lowest BCUT2D eigenvalue weighted by Crippen LogP contribution is -2.51. The van der Waals surface area contributed by atoms with Crippen molar-refractivity contribution in [1.82, 2.24) is 9.80 Å². The van der Waals surface area contributed by atoms with Gasteiger partial charge in [0.05, 0.1) is 6.04 Å². The first-order chi connectivity index (χ1) is 11.2. The first-order valence-corrected chi connectivity index (χ1v) is 8.67. The van der Waals surface area contributed by atoms with Crippen molar-refractivity contribution in [1.29, 1.82) is 0 Å². The van der Waals surface area contributed by atoms with Crippen molar-refractivity contribution in [3.05, 3.63) is 34.9 Å². The summed E-state index contributed by atoms with van der Waals surface area (Å²) in [6.45, 7) is 8.19. The van der Waals surface area contributed by atoms with Crippen LogP contribution in [0.2, 0.25) is 5.02 Å².